The summed E-state index contributed by atoms with van der Waals surface area (Å²) >= 11 is 1.60. The number of nitrogens with zero attached hydrogens (tertiary/aromatic N) is 3. The van der Waals surface area contributed by atoms with E-state index in [0.717, 1.165) is 31.7 Å². The maximum absolute atomic E-state index is 12.7. The summed E-state index contributed by atoms with van der Waals surface area (Å²) < 4.78 is 0. The third kappa shape index (κ3) is 3.81. The molecular weight excluding hydrogens is 354 g/mol. The van der Waals surface area contributed by atoms with Crippen molar-refractivity contribution in [3.63, 3.8) is 0 Å². The van der Waals surface area contributed by atoms with Gasteiger partial charge in [-0.1, -0.05) is 24.3 Å². The third-order valence-corrected chi connectivity index (χ3v) is 7.12. The van der Waals surface area contributed by atoms with E-state index >= 15 is 0 Å². The van der Waals surface area contributed by atoms with Crippen LogP contribution in [0.15, 0.2) is 35.2 Å². The monoisotopic (exact) mass is 383 g/mol. The number of carbonyl (C=O) groups excluding carboxylic acids is 1. The zero-order chi connectivity index (χ0) is 18.9. The van der Waals surface area contributed by atoms with Gasteiger partial charge in [-0.15, -0.1) is 11.3 Å². The van der Waals surface area contributed by atoms with Gasteiger partial charge in [0, 0.05) is 32.4 Å². The van der Waals surface area contributed by atoms with E-state index in [2.05, 4.69) is 39.5 Å². The molecule has 1 aromatic carbocycles. The predicted octanol–water partition coefficient (Wildman–Crippen LogP) is 3.37. The average molecular weight is 384 g/mol. The predicted molar refractivity (Wildman–Crippen MR) is 110 cm³/mol. The van der Waals surface area contributed by atoms with Crippen LogP contribution in [0.3, 0.4) is 0 Å². The number of fused-ring (bicyclic) bond motifs is 2. The van der Waals surface area contributed by atoms with Crippen molar-refractivity contribution in [2.75, 3.05) is 33.7 Å². The van der Waals surface area contributed by atoms with E-state index in [1.54, 1.807) is 27.4 Å². The molecule has 0 N–H and O–H groups in total. The van der Waals surface area contributed by atoms with Crippen LogP contribution in [0.5, 0.6) is 0 Å². The standard InChI is InChI=1S/C22H29N3OS/c1-24(2)21(26)18(13-19-15-27-16-23-19)14-25-11-9-22(10-12-25)8-7-17-5-3-4-6-20(17)22/h3-6,15-16,18H,7-14H2,1-2H3. The molecule has 0 saturated carbocycles. The lowest BCUT2D eigenvalue weighted by Gasteiger charge is -2.41. The average Bonchev–Trinajstić information content (AvgIpc) is 3.31. The number of hydrogen-bond acceptors (Lipinski definition) is 4. The van der Waals surface area contributed by atoms with E-state index in [1.165, 1.54) is 25.7 Å². The zero-order valence-electron chi connectivity index (χ0n) is 16.4. The second-order valence-corrected chi connectivity index (χ2v) is 9.07. The van der Waals surface area contributed by atoms with Gasteiger partial charge in [0.25, 0.3) is 0 Å². The van der Waals surface area contributed by atoms with Crippen LogP contribution in [-0.2, 0) is 23.1 Å². The lowest BCUT2D eigenvalue weighted by molar-refractivity contribution is -0.133. The van der Waals surface area contributed by atoms with Crippen LogP contribution >= 0.6 is 11.3 Å². The maximum Gasteiger partial charge on any atom is 0.226 e. The summed E-state index contributed by atoms with van der Waals surface area (Å²) in [7, 11) is 3.72. The molecule has 0 radical (unpaired) electrons. The molecule has 1 aromatic heterocycles. The van der Waals surface area contributed by atoms with Gasteiger partial charge in [-0.3, -0.25) is 4.79 Å². The Morgan fingerprint density at radius 1 is 1.26 bits per heavy atom. The first-order chi connectivity index (χ1) is 13.1. The number of piperidine rings is 1. The minimum atomic E-state index is -0.00739. The SMILES string of the molecule is CN(C)C(=O)C(Cc1cscn1)CN1CCC2(CCc3ccccc32)CC1. The van der Waals surface area contributed by atoms with Crippen molar-refractivity contribution in [2.45, 2.75) is 37.5 Å². The second-order valence-electron chi connectivity index (χ2n) is 8.35. The Morgan fingerprint density at radius 2 is 2.04 bits per heavy atom. The van der Waals surface area contributed by atoms with Gasteiger partial charge in [0.1, 0.15) is 0 Å². The third-order valence-electron chi connectivity index (χ3n) is 6.48. The van der Waals surface area contributed by atoms with Crippen LogP contribution in [0.1, 0.15) is 36.1 Å². The number of hydrogen-bond donors (Lipinski definition) is 0. The van der Waals surface area contributed by atoms with Crippen LogP contribution in [0.2, 0.25) is 0 Å². The number of benzene rings is 1. The minimum Gasteiger partial charge on any atom is -0.349 e. The molecule has 1 aliphatic carbocycles. The van der Waals surface area contributed by atoms with Gasteiger partial charge in [0.05, 0.1) is 17.1 Å². The summed E-state index contributed by atoms with van der Waals surface area (Å²) in [5.41, 5.74) is 6.42. The normalized spacial score (nSPS) is 19.8. The van der Waals surface area contributed by atoms with Gasteiger partial charge in [-0.05, 0) is 55.3 Å². The number of thiazole rings is 1. The van der Waals surface area contributed by atoms with Crippen molar-refractivity contribution in [1.29, 1.82) is 0 Å². The highest BCUT2D eigenvalue weighted by molar-refractivity contribution is 7.07. The summed E-state index contributed by atoms with van der Waals surface area (Å²) in [6.07, 6.45) is 5.68. The molecule has 1 amide bonds. The summed E-state index contributed by atoms with van der Waals surface area (Å²) in [4.78, 5) is 21.4. The highest BCUT2D eigenvalue weighted by atomic mass is 32.1. The first kappa shape index (κ1) is 18.6. The minimum absolute atomic E-state index is 0.00739. The van der Waals surface area contributed by atoms with E-state index in [4.69, 9.17) is 0 Å². The van der Waals surface area contributed by atoms with Crippen molar-refractivity contribution in [2.24, 2.45) is 5.92 Å². The van der Waals surface area contributed by atoms with E-state index in [1.807, 2.05) is 19.6 Å². The van der Waals surface area contributed by atoms with Gasteiger partial charge in [-0.2, -0.15) is 0 Å². The van der Waals surface area contributed by atoms with Crippen LogP contribution in [0.25, 0.3) is 0 Å². The van der Waals surface area contributed by atoms with Crippen molar-refractivity contribution in [1.82, 2.24) is 14.8 Å². The molecule has 144 valence electrons. The summed E-state index contributed by atoms with van der Waals surface area (Å²) in [5, 5.41) is 2.07. The quantitative estimate of drug-likeness (QED) is 0.794. The Hall–Kier alpha value is -1.72. The van der Waals surface area contributed by atoms with Gasteiger partial charge < -0.3 is 9.80 Å². The van der Waals surface area contributed by atoms with Crippen LogP contribution in [-0.4, -0.2) is 54.4 Å². The van der Waals surface area contributed by atoms with E-state index in [9.17, 15) is 4.79 Å². The summed E-state index contributed by atoms with van der Waals surface area (Å²) in [5.74, 6) is 0.210. The fourth-order valence-corrected chi connectivity index (χ4v) is 5.52. The molecule has 1 aliphatic heterocycles. The number of amides is 1. The molecule has 2 heterocycles. The Labute approximate surface area is 166 Å². The van der Waals surface area contributed by atoms with Crippen molar-refractivity contribution < 1.29 is 4.79 Å². The first-order valence-corrected chi connectivity index (χ1v) is 10.9. The molecule has 5 heteroatoms. The largest absolute Gasteiger partial charge is 0.349 e. The Balaban J connectivity index is 1.42. The lowest BCUT2D eigenvalue weighted by atomic mass is 9.73. The van der Waals surface area contributed by atoms with Crippen LogP contribution < -0.4 is 0 Å². The number of rotatable bonds is 5. The van der Waals surface area contributed by atoms with Crippen molar-refractivity contribution >= 4 is 17.2 Å². The molecule has 2 aliphatic rings. The fourth-order valence-electron chi connectivity index (χ4n) is 4.94. The molecular formula is C22H29N3OS. The Bertz CT molecular complexity index is 779. The Kier molecular flexibility index (Phi) is 5.33. The summed E-state index contributed by atoms with van der Waals surface area (Å²) in [6, 6.07) is 9.01. The highest BCUT2D eigenvalue weighted by Crippen LogP contribution is 2.46. The van der Waals surface area contributed by atoms with Crippen molar-refractivity contribution in [3.8, 4) is 0 Å². The van der Waals surface area contributed by atoms with Crippen LogP contribution in [0.4, 0.5) is 0 Å². The molecule has 2 aromatic rings. The fraction of sp³-hybridized carbons (Fsp3) is 0.545. The molecule has 27 heavy (non-hydrogen) atoms. The number of aryl methyl sites for hydroxylation is 1. The number of likely N-dealkylation sites (tertiary alicyclic amines) is 1. The Morgan fingerprint density at radius 3 is 2.74 bits per heavy atom. The lowest BCUT2D eigenvalue weighted by Crippen LogP contribution is -2.46. The van der Waals surface area contributed by atoms with Gasteiger partial charge in [-0.25, -0.2) is 4.98 Å². The van der Waals surface area contributed by atoms with Gasteiger partial charge >= 0.3 is 0 Å². The summed E-state index contributed by atoms with van der Waals surface area (Å²) in [6.45, 7) is 3.01. The second kappa shape index (κ2) is 7.72. The molecule has 0 bridgehead atoms. The highest BCUT2D eigenvalue weighted by Gasteiger charge is 2.41. The van der Waals surface area contributed by atoms with Crippen LogP contribution in [0, 0.1) is 5.92 Å². The smallest absolute Gasteiger partial charge is 0.226 e. The van der Waals surface area contributed by atoms with E-state index in [0.29, 0.717) is 5.41 Å². The molecule has 4 nitrogen and oxygen atoms in total. The molecule has 1 fully saturated rings. The molecule has 1 atom stereocenters. The van der Waals surface area contributed by atoms with E-state index < -0.39 is 0 Å². The number of carbonyl (C=O) groups is 1. The molecule has 1 saturated heterocycles. The topological polar surface area (TPSA) is 36.4 Å². The van der Waals surface area contributed by atoms with Crippen molar-refractivity contribution in [3.05, 3.63) is 52.0 Å². The van der Waals surface area contributed by atoms with Gasteiger partial charge in [0.2, 0.25) is 5.91 Å². The number of aromatic nitrogens is 1. The maximum atomic E-state index is 12.7. The van der Waals surface area contributed by atoms with E-state index in [-0.39, 0.29) is 11.8 Å². The molecule has 1 unspecified atom stereocenters. The van der Waals surface area contributed by atoms with Gasteiger partial charge in [0.15, 0.2) is 0 Å². The molecule has 4 rings (SSSR count). The zero-order valence-corrected chi connectivity index (χ0v) is 17.2. The first-order valence-electron chi connectivity index (χ1n) is 9.96. The molecule has 1 spiro atoms.